The van der Waals surface area contributed by atoms with Gasteiger partial charge in [-0.2, -0.15) is 0 Å². The maximum atomic E-state index is 11.0. The standard InChI is InChI=1S/C10H20NO3/c1-5-6-10(13)14-8-11(3,4)7-9(2)12/h5-6,9,12H,7-8H2,1-4H3/q+1. The molecule has 0 amide bonds. The first-order chi connectivity index (χ1) is 6.37. The van der Waals surface area contributed by atoms with Crippen molar-refractivity contribution in [3.05, 3.63) is 12.2 Å². The number of quaternary nitrogens is 1. The van der Waals surface area contributed by atoms with Crippen LogP contribution in [0, 0.1) is 0 Å². The van der Waals surface area contributed by atoms with E-state index in [2.05, 4.69) is 0 Å². The minimum Gasteiger partial charge on any atom is -0.412 e. The lowest BCUT2D eigenvalue weighted by atomic mass is 10.3. The summed E-state index contributed by atoms with van der Waals surface area (Å²) < 4.78 is 5.44. The SMILES string of the molecule is CC=CC(=O)OC[N+](C)(C)CC(C)O. The second kappa shape index (κ2) is 5.78. The highest BCUT2D eigenvalue weighted by atomic mass is 16.5. The predicted molar refractivity (Wildman–Crippen MR) is 54.4 cm³/mol. The average molecular weight is 202 g/mol. The van der Waals surface area contributed by atoms with E-state index in [0.717, 1.165) is 0 Å². The molecule has 0 radical (unpaired) electrons. The van der Waals surface area contributed by atoms with Crippen LogP contribution in [0.15, 0.2) is 12.2 Å². The Morgan fingerprint density at radius 3 is 2.57 bits per heavy atom. The van der Waals surface area contributed by atoms with E-state index < -0.39 is 6.10 Å². The number of carbonyl (C=O) groups is 1. The molecule has 4 nitrogen and oxygen atoms in total. The Hall–Kier alpha value is -0.870. The van der Waals surface area contributed by atoms with Gasteiger partial charge in [-0.25, -0.2) is 4.79 Å². The molecule has 4 heteroatoms. The third kappa shape index (κ3) is 6.62. The summed E-state index contributed by atoms with van der Waals surface area (Å²) in [5, 5.41) is 9.19. The number of allylic oxidation sites excluding steroid dienone is 1. The average Bonchev–Trinajstić information content (AvgIpc) is 1.99. The number of rotatable bonds is 5. The van der Waals surface area contributed by atoms with Gasteiger partial charge >= 0.3 is 5.97 Å². The molecule has 0 aliphatic rings. The topological polar surface area (TPSA) is 46.5 Å². The summed E-state index contributed by atoms with van der Waals surface area (Å²) in [6.07, 6.45) is 2.62. The highest BCUT2D eigenvalue weighted by Crippen LogP contribution is 2.00. The van der Waals surface area contributed by atoms with Gasteiger partial charge in [0.25, 0.3) is 0 Å². The van der Waals surface area contributed by atoms with Crippen LogP contribution in [0.3, 0.4) is 0 Å². The smallest absolute Gasteiger partial charge is 0.334 e. The van der Waals surface area contributed by atoms with Crippen molar-refractivity contribution in [2.24, 2.45) is 0 Å². The van der Waals surface area contributed by atoms with Gasteiger partial charge in [0, 0.05) is 6.08 Å². The lowest BCUT2D eigenvalue weighted by molar-refractivity contribution is -0.909. The van der Waals surface area contributed by atoms with Crippen LogP contribution >= 0.6 is 0 Å². The van der Waals surface area contributed by atoms with Crippen molar-refractivity contribution in [1.82, 2.24) is 0 Å². The minimum atomic E-state index is -0.398. The Bertz CT molecular complexity index is 209. The highest BCUT2D eigenvalue weighted by molar-refractivity contribution is 5.81. The molecule has 0 fully saturated rings. The zero-order valence-corrected chi connectivity index (χ0v) is 9.36. The number of esters is 1. The first kappa shape index (κ1) is 13.1. The molecular weight excluding hydrogens is 182 g/mol. The van der Waals surface area contributed by atoms with Crippen LogP contribution in [0.2, 0.25) is 0 Å². The van der Waals surface area contributed by atoms with E-state index in [1.807, 2.05) is 14.1 Å². The number of hydrogen-bond acceptors (Lipinski definition) is 3. The van der Waals surface area contributed by atoms with Gasteiger partial charge in [-0.05, 0) is 13.8 Å². The molecule has 0 aromatic heterocycles. The van der Waals surface area contributed by atoms with Crippen LogP contribution in [0.5, 0.6) is 0 Å². The van der Waals surface area contributed by atoms with Crippen LogP contribution in [0.25, 0.3) is 0 Å². The van der Waals surface area contributed by atoms with E-state index in [-0.39, 0.29) is 12.7 Å². The zero-order chi connectivity index (χ0) is 11.2. The summed E-state index contributed by atoms with van der Waals surface area (Å²) >= 11 is 0. The number of ether oxygens (including phenoxy) is 1. The number of aliphatic hydroxyl groups excluding tert-OH is 1. The molecule has 0 aromatic carbocycles. The Morgan fingerprint density at radius 1 is 1.57 bits per heavy atom. The molecule has 1 unspecified atom stereocenters. The molecule has 0 aliphatic heterocycles. The summed E-state index contributed by atoms with van der Waals surface area (Å²) in [6, 6.07) is 0. The van der Waals surface area contributed by atoms with E-state index in [1.54, 1.807) is 19.9 Å². The lowest BCUT2D eigenvalue weighted by Gasteiger charge is -2.29. The number of likely N-dealkylation sites (N-methyl/N-ethyl adjacent to an activating group) is 1. The van der Waals surface area contributed by atoms with Crippen LogP contribution in [0.4, 0.5) is 0 Å². The van der Waals surface area contributed by atoms with Crippen LogP contribution < -0.4 is 0 Å². The second-order valence-corrected chi connectivity index (χ2v) is 4.06. The molecule has 0 aliphatic carbocycles. The van der Waals surface area contributed by atoms with Gasteiger partial charge in [0.15, 0.2) is 0 Å². The van der Waals surface area contributed by atoms with E-state index in [4.69, 9.17) is 4.74 Å². The largest absolute Gasteiger partial charge is 0.412 e. The van der Waals surface area contributed by atoms with Gasteiger partial charge in [0.1, 0.15) is 12.6 Å². The summed E-state index contributed by atoms with van der Waals surface area (Å²) in [4.78, 5) is 11.0. The lowest BCUT2D eigenvalue weighted by Crippen LogP contribution is -2.46. The molecule has 0 bridgehead atoms. The first-order valence-electron chi connectivity index (χ1n) is 4.67. The maximum absolute atomic E-state index is 11.0. The molecule has 0 rings (SSSR count). The zero-order valence-electron chi connectivity index (χ0n) is 9.36. The van der Waals surface area contributed by atoms with Crippen molar-refractivity contribution >= 4 is 5.97 Å². The van der Waals surface area contributed by atoms with Gasteiger partial charge in [-0.3, -0.25) is 4.48 Å². The third-order valence-electron chi connectivity index (χ3n) is 1.62. The Morgan fingerprint density at radius 2 is 2.14 bits per heavy atom. The number of hydrogen-bond donors (Lipinski definition) is 1. The molecule has 1 N–H and O–H groups in total. The Balaban J connectivity index is 3.92. The summed E-state index contributed by atoms with van der Waals surface area (Å²) in [5.74, 6) is -0.343. The van der Waals surface area contributed by atoms with Gasteiger partial charge < -0.3 is 9.84 Å². The van der Waals surface area contributed by atoms with Crippen molar-refractivity contribution in [2.75, 3.05) is 27.4 Å². The van der Waals surface area contributed by atoms with Crippen molar-refractivity contribution in [1.29, 1.82) is 0 Å². The van der Waals surface area contributed by atoms with Crippen LogP contribution in [-0.4, -0.2) is 49.0 Å². The summed E-state index contributed by atoms with van der Waals surface area (Å²) in [6.45, 7) is 4.31. The molecule has 1 atom stereocenters. The van der Waals surface area contributed by atoms with Crippen molar-refractivity contribution < 1.29 is 19.1 Å². The van der Waals surface area contributed by atoms with Crippen LogP contribution in [-0.2, 0) is 9.53 Å². The van der Waals surface area contributed by atoms with E-state index in [9.17, 15) is 9.90 Å². The fraction of sp³-hybridized carbons (Fsp3) is 0.700. The van der Waals surface area contributed by atoms with Crippen molar-refractivity contribution in [2.45, 2.75) is 20.0 Å². The predicted octanol–water partition coefficient (Wildman–Crippen LogP) is 0.520. The molecule has 0 saturated heterocycles. The molecule has 82 valence electrons. The molecule has 14 heavy (non-hydrogen) atoms. The second-order valence-electron chi connectivity index (χ2n) is 4.06. The molecule has 0 aromatic rings. The summed E-state index contributed by atoms with van der Waals surface area (Å²) in [5.41, 5.74) is 0. The fourth-order valence-corrected chi connectivity index (χ4v) is 1.19. The highest BCUT2D eigenvalue weighted by Gasteiger charge is 2.19. The first-order valence-corrected chi connectivity index (χ1v) is 4.67. The fourth-order valence-electron chi connectivity index (χ4n) is 1.19. The number of nitrogens with zero attached hydrogens (tertiary/aromatic N) is 1. The Labute approximate surface area is 85.4 Å². The van der Waals surface area contributed by atoms with Gasteiger partial charge in [-0.15, -0.1) is 0 Å². The van der Waals surface area contributed by atoms with Crippen molar-refractivity contribution in [3.8, 4) is 0 Å². The monoisotopic (exact) mass is 202 g/mol. The quantitative estimate of drug-likeness (QED) is 0.306. The molecular formula is C10H20NO3+. The van der Waals surface area contributed by atoms with E-state index in [1.165, 1.54) is 6.08 Å². The minimum absolute atomic E-state index is 0.272. The number of carbonyl (C=O) groups excluding carboxylic acids is 1. The van der Waals surface area contributed by atoms with E-state index >= 15 is 0 Å². The molecule has 0 spiro atoms. The van der Waals surface area contributed by atoms with E-state index in [0.29, 0.717) is 11.0 Å². The van der Waals surface area contributed by atoms with Crippen LogP contribution in [0.1, 0.15) is 13.8 Å². The molecule has 0 saturated carbocycles. The van der Waals surface area contributed by atoms with Crippen molar-refractivity contribution in [3.63, 3.8) is 0 Å². The normalized spacial score (nSPS) is 14.4. The summed E-state index contributed by atoms with van der Waals surface area (Å²) in [7, 11) is 3.80. The third-order valence-corrected chi connectivity index (χ3v) is 1.62. The number of aliphatic hydroxyl groups is 1. The Kier molecular flexibility index (Phi) is 5.42. The van der Waals surface area contributed by atoms with Gasteiger partial charge in [0.2, 0.25) is 6.73 Å². The van der Waals surface area contributed by atoms with Gasteiger partial charge in [-0.1, -0.05) is 6.08 Å². The van der Waals surface area contributed by atoms with Gasteiger partial charge in [0.05, 0.1) is 14.1 Å². The maximum Gasteiger partial charge on any atom is 0.334 e. The molecule has 0 heterocycles.